The maximum absolute atomic E-state index is 12.7. The Balaban J connectivity index is 1.55. The van der Waals surface area contributed by atoms with E-state index in [1.807, 2.05) is 11.0 Å². The summed E-state index contributed by atoms with van der Waals surface area (Å²) in [6.45, 7) is 2.86. The highest BCUT2D eigenvalue weighted by Gasteiger charge is 2.32. The second-order valence-electron chi connectivity index (χ2n) is 6.64. The Bertz CT molecular complexity index is 821. The van der Waals surface area contributed by atoms with E-state index in [2.05, 4.69) is 10.3 Å². The topological polar surface area (TPSA) is 81.2 Å². The largest absolute Gasteiger partial charge is 0.361 e. The van der Waals surface area contributed by atoms with Gasteiger partial charge in [0.15, 0.2) is 0 Å². The molecule has 3 heterocycles. The number of hydrogen-bond donors (Lipinski definition) is 0. The average molecular weight is 328 g/mol. The van der Waals surface area contributed by atoms with Gasteiger partial charge in [-0.2, -0.15) is 5.10 Å². The number of amides is 1. The minimum absolute atomic E-state index is 0.0218. The van der Waals surface area contributed by atoms with Crippen molar-refractivity contribution in [2.45, 2.75) is 51.1 Å². The zero-order valence-corrected chi connectivity index (χ0v) is 13.6. The highest BCUT2D eigenvalue weighted by Crippen LogP contribution is 2.38. The van der Waals surface area contributed by atoms with Crippen LogP contribution in [0, 0.1) is 6.92 Å². The summed E-state index contributed by atoms with van der Waals surface area (Å²) >= 11 is 0. The van der Waals surface area contributed by atoms with E-state index in [0.29, 0.717) is 30.3 Å². The third kappa shape index (κ3) is 2.74. The molecule has 0 bridgehead atoms. The summed E-state index contributed by atoms with van der Waals surface area (Å²) in [5.74, 6) is 0.942. The number of rotatable bonds is 4. The molecular formula is C17H20N4O3. The molecule has 4 rings (SSSR count). The van der Waals surface area contributed by atoms with Gasteiger partial charge >= 0.3 is 0 Å². The number of carbonyl (C=O) groups is 1. The van der Waals surface area contributed by atoms with Gasteiger partial charge in [0.25, 0.3) is 11.5 Å². The first kappa shape index (κ1) is 15.1. The fourth-order valence-corrected chi connectivity index (χ4v) is 3.34. The molecule has 2 fully saturated rings. The molecule has 1 aliphatic carbocycles. The number of carbonyl (C=O) groups excluding carboxylic acids is 1. The summed E-state index contributed by atoms with van der Waals surface area (Å²) in [5.41, 5.74) is 1.37. The number of likely N-dealkylation sites (tertiary alicyclic amines) is 1. The Morgan fingerprint density at radius 2 is 2.17 bits per heavy atom. The van der Waals surface area contributed by atoms with Crippen molar-refractivity contribution in [2.24, 2.45) is 0 Å². The van der Waals surface area contributed by atoms with Gasteiger partial charge in [-0.15, -0.1) is 0 Å². The molecule has 24 heavy (non-hydrogen) atoms. The lowest BCUT2D eigenvalue weighted by molar-refractivity contribution is 0.0718. The lowest BCUT2D eigenvalue weighted by Gasteiger charge is -2.24. The van der Waals surface area contributed by atoms with Crippen molar-refractivity contribution in [3.05, 3.63) is 45.7 Å². The van der Waals surface area contributed by atoms with Gasteiger partial charge in [-0.1, -0.05) is 5.16 Å². The van der Waals surface area contributed by atoms with Gasteiger partial charge < -0.3 is 9.42 Å². The molecule has 7 nitrogen and oxygen atoms in total. The summed E-state index contributed by atoms with van der Waals surface area (Å²) in [6.07, 6.45) is 5.55. The molecule has 1 saturated carbocycles. The number of aromatic nitrogens is 3. The third-order valence-corrected chi connectivity index (χ3v) is 4.89. The van der Waals surface area contributed by atoms with Crippen molar-refractivity contribution in [3.8, 4) is 0 Å². The van der Waals surface area contributed by atoms with Crippen molar-refractivity contribution in [2.75, 3.05) is 6.54 Å². The van der Waals surface area contributed by atoms with Crippen LogP contribution in [0.1, 0.15) is 53.4 Å². The summed E-state index contributed by atoms with van der Waals surface area (Å²) in [7, 11) is 0. The van der Waals surface area contributed by atoms with Crippen molar-refractivity contribution in [1.82, 2.24) is 19.8 Å². The van der Waals surface area contributed by atoms with Crippen LogP contribution in [0.4, 0.5) is 0 Å². The van der Waals surface area contributed by atoms with Gasteiger partial charge in [-0.3, -0.25) is 9.59 Å². The molecule has 7 heteroatoms. The summed E-state index contributed by atoms with van der Waals surface area (Å²) in [5, 5.41) is 8.19. The van der Waals surface area contributed by atoms with Crippen LogP contribution in [-0.4, -0.2) is 38.3 Å². The van der Waals surface area contributed by atoms with Gasteiger partial charge in [0.2, 0.25) is 0 Å². The predicted molar refractivity (Wildman–Crippen MR) is 85.8 cm³/mol. The number of hydrogen-bond acceptors (Lipinski definition) is 5. The Hall–Kier alpha value is -2.44. The molecule has 126 valence electrons. The van der Waals surface area contributed by atoms with Crippen LogP contribution in [0.2, 0.25) is 0 Å². The standard InChI is InChI=1S/C17H20N4O3/c1-11-14(9-18-24-11)17(23)20-8-2-3-13(20)10-21-16(22)7-6-15(19-21)12-4-5-12/h6-7,9,12-13H,2-5,8,10H2,1H3. The van der Waals surface area contributed by atoms with Gasteiger partial charge in [-0.25, -0.2) is 4.68 Å². The van der Waals surface area contributed by atoms with Crippen molar-refractivity contribution in [1.29, 1.82) is 0 Å². The quantitative estimate of drug-likeness (QED) is 0.853. The second-order valence-corrected chi connectivity index (χ2v) is 6.64. The van der Waals surface area contributed by atoms with Gasteiger partial charge in [0.05, 0.1) is 24.5 Å². The molecule has 1 amide bonds. The van der Waals surface area contributed by atoms with Crippen LogP contribution in [0.5, 0.6) is 0 Å². The van der Waals surface area contributed by atoms with Gasteiger partial charge in [0, 0.05) is 18.5 Å². The van der Waals surface area contributed by atoms with Crippen molar-refractivity contribution < 1.29 is 9.32 Å². The van der Waals surface area contributed by atoms with Gasteiger partial charge in [0.1, 0.15) is 11.3 Å². The van der Waals surface area contributed by atoms with E-state index in [1.54, 1.807) is 13.0 Å². The third-order valence-electron chi connectivity index (χ3n) is 4.89. The van der Waals surface area contributed by atoms with Crippen LogP contribution < -0.4 is 5.56 Å². The van der Waals surface area contributed by atoms with E-state index in [1.165, 1.54) is 10.9 Å². The number of nitrogens with zero attached hydrogens (tertiary/aromatic N) is 4. The monoisotopic (exact) mass is 328 g/mol. The smallest absolute Gasteiger partial charge is 0.266 e. The molecular weight excluding hydrogens is 308 g/mol. The molecule has 0 aromatic carbocycles. The van der Waals surface area contributed by atoms with E-state index in [-0.39, 0.29) is 17.5 Å². The van der Waals surface area contributed by atoms with Crippen LogP contribution in [0.3, 0.4) is 0 Å². The lowest BCUT2D eigenvalue weighted by atomic mass is 10.2. The van der Waals surface area contributed by atoms with E-state index in [9.17, 15) is 9.59 Å². The average Bonchev–Trinajstić information content (AvgIpc) is 3.17. The van der Waals surface area contributed by atoms with Crippen molar-refractivity contribution in [3.63, 3.8) is 0 Å². The Labute approximate surface area is 139 Å². The number of aryl methyl sites for hydroxylation is 1. The predicted octanol–water partition coefficient (Wildman–Crippen LogP) is 1.72. The van der Waals surface area contributed by atoms with E-state index in [0.717, 1.165) is 31.4 Å². The normalized spacial score (nSPS) is 20.5. The molecule has 0 spiro atoms. The molecule has 2 aromatic heterocycles. The van der Waals surface area contributed by atoms with Crippen LogP contribution in [0.25, 0.3) is 0 Å². The fraction of sp³-hybridized carbons (Fsp3) is 0.529. The molecule has 1 saturated heterocycles. The van der Waals surface area contributed by atoms with Crippen LogP contribution in [0.15, 0.2) is 27.6 Å². The Morgan fingerprint density at radius 1 is 1.33 bits per heavy atom. The summed E-state index contributed by atoms with van der Waals surface area (Å²) in [6, 6.07) is 3.40. The highest BCUT2D eigenvalue weighted by atomic mass is 16.5. The molecule has 1 unspecified atom stereocenters. The van der Waals surface area contributed by atoms with E-state index >= 15 is 0 Å². The lowest BCUT2D eigenvalue weighted by Crippen LogP contribution is -2.40. The highest BCUT2D eigenvalue weighted by molar-refractivity contribution is 5.95. The van der Waals surface area contributed by atoms with Crippen LogP contribution >= 0.6 is 0 Å². The Morgan fingerprint density at radius 3 is 2.88 bits per heavy atom. The summed E-state index contributed by atoms with van der Waals surface area (Å²) < 4.78 is 6.52. The van der Waals surface area contributed by atoms with Crippen LogP contribution in [-0.2, 0) is 6.54 Å². The molecule has 1 atom stereocenters. The molecule has 2 aliphatic rings. The Kier molecular flexibility index (Phi) is 3.70. The van der Waals surface area contributed by atoms with Gasteiger partial charge in [-0.05, 0) is 38.7 Å². The van der Waals surface area contributed by atoms with Crippen molar-refractivity contribution >= 4 is 5.91 Å². The minimum Gasteiger partial charge on any atom is -0.361 e. The first-order chi connectivity index (χ1) is 11.6. The van der Waals surface area contributed by atoms with E-state index in [4.69, 9.17) is 4.52 Å². The molecule has 1 aliphatic heterocycles. The maximum Gasteiger partial charge on any atom is 0.266 e. The summed E-state index contributed by atoms with van der Waals surface area (Å²) in [4.78, 5) is 26.7. The maximum atomic E-state index is 12.7. The fourth-order valence-electron chi connectivity index (χ4n) is 3.34. The minimum atomic E-state index is -0.111. The first-order valence-corrected chi connectivity index (χ1v) is 8.44. The first-order valence-electron chi connectivity index (χ1n) is 8.44. The zero-order chi connectivity index (χ0) is 16.7. The zero-order valence-electron chi connectivity index (χ0n) is 13.6. The second kappa shape index (κ2) is 5.89. The molecule has 2 aromatic rings. The van der Waals surface area contributed by atoms with E-state index < -0.39 is 0 Å². The molecule has 0 radical (unpaired) electrons. The SMILES string of the molecule is Cc1oncc1C(=O)N1CCCC1Cn1nc(C2CC2)ccc1=O. The molecule has 0 N–H and O–H groups in total.